The van der Waals surface area contributed by atoms with Crippen LogP contribution in [0.1, 0.15) is 20.7 Å². The molecular formula is C25H21ClN4O5S. The molecule has 1 saturated heterocycles. The zero-order chi connectivity index (χ0) is 25.4. The summed E-state index contributed by atoms with van der Waals surface area (Å²) >= 11 is 6.08. The third kappa shape index (κ3) is 4.77. The molecule has 0 radical (unpaired) electrons. The van der Waals surface area contributed by atoms with Gasteiger partial charge in [0, 0.05) is 46.2 Å². The van der Waals surface area contributed by atoms with Crippen molar-refractivity contribution in [3.8, 4) is 5.69 Å². The molecule has 1 fully saturated rings. The molecule has 2 aromatic carbocycles. The summed E-state index contributed by atoms with van der Waals surface area (Å²) in [4.78, 5) is 40.7. The van der Waals surface area contributed by atoms with Crippen molar-refractivity contribution >= 4 is 44.2 Å². The lowest BCUT2D eigenvalue weighted by Crippen LogP contribution is -2.51. The minimum atomic E-state index is -3.47. The quantitative estimate of drug-likeness (QED) is 0.369. The Morgan fingerprint density at radius 3 is 2.22 bits per heavy atom. The molecule has 36 heavy (non-hydrogen) atoms. The second-order valence-corrected chi connectivity index (χ2v) is 11.2. The summed E-state index contributed by atoms with van der Waals surface area (Å²) < 4.78 is 26.1. The number of halogens is 1. The zero-order valence-electron chi connectivity index (χ0n) is 18.8. The van der Waals surface area contributed by atoms with E-state index in [1.54, 1.807) is 67.0 Å². The van der Waals surface area contributed by atoms with Gasteiger partial charge in [-0.2, -0.15) is 0 Å². The zero-order valence-corrected chi connectivity index (χ0v) is 20.3. The number of amides is 2. The van der Waals surface area contributed by atoms with Gasteiger partial charge in [0.05, 0.1) is 28.6 Å². The maximum absolute atomic E-state index is 12.9. The van der Waals surface area contributed by atoms with Gasteiger partial charge in [-0.15, -0.1) is 0 Å². The maximum Gasteiger partial charge on any atom is 0.255 e. The van der Waals surface area contributed by atoms with Gasteiger partial charge in [-0.3, -0.25) is 19.0 Å². The summed E-state index contributed by atoms with van der Waals surface area (Å²) in [5.41, 5.74) is 1.69. The van der Waals surface area contributed by atoms with Crippen molar-refractivity contribution in [1.82, 2.24) is 20.2 Å². The number of nitrogens with zero attached hydrogens (tertiary/aromatic N) is 1. The lowest BCUT2D eigenvalue weighted by molar-refractivity contribution is 0.0897. The average molecular weight is 525 g/mol. The number of aromatic amines is 1. The average Bonchev–Trinajstić information content (AvgIpc) is 3.36. The molecule has 0 saturated carbocycles. The summed E-state index contributed by atoms with van der Waals surface area (Å²) in [7, 11) is -3.47. The number of carbonyl (C=O) groups is 2. The Balaban J connectivity index is 1.30. The number of sulfone groups is 1. The van der Waals surface area contributed by atoms with Crippen LogP contribution in [0.3, 0.4) is 0 Å². The molecule has 0 bridgehead atoms. The molecule has 4 aromatic rings. The molecule has 1 aliphatic heterocycles. The van der Waals surface area contributed by atoms with Crippen molar-refractivity contribution in [2.75, 3.05) is 11.5 Å². The number of aromatic nitrogens is 2. The van der Waals surface area contributed by atoms with Gasteiger partial charge in [-0.1, -0.05) is 23.7 Å². The Bertz CT molecular complexity index is 1640. The van der Waals surface area contributed by atoms with Crippen molar-refractivity contribution in [3.63, 3.8) is 0 Å². The predicted molar refractivity (Wildman–Crippen MR) is 137 cm³/mol. The number of fused-ring (bicyclic) bond motifs is 1. The van der Waals surface area contributed by atoms with Crippen LogP contribution in [0, 0.1) is 0 Å². The standard InChI is InChI=1S/C25H21ClN4O5S/c26-19-12-27-20-11-16(6-9-18(19)20)25(33)29-22-14-36(34,35)13-21(22)28-24(32)15-4-7-17(8-5-15)30-10-2-1-3-23(30)31/h1-12,21-22,27H,13-14H2,(H,28,32)(H,29,33)/t21-,22+/m1/s1. The van der Waals surface area contributed by atoms with Crippen molar-refractivity contribution < 1.29 is 18.0 Å². The van der Waals surface area contributed by atoms with Crippen LogP contribution in [-0.4, -0.2) is 53.4 Å². The number of pyridine rings is 1. The summed E-state index contributed by atoms with van der Waals surface area (Å²) in [6.45, 7) is 0. The van der Waals surface area contributed by atoms with Gasteiger partial charge in [0.1, 0.15) is 0 Å². The number of carbonyl (C=O) groups excluding carboxylic acids is 2. The van der Waals surface area contributed by atoms with Gasteiger partial charge in [0.15, 0.2) is 9.84 Å². The van der Waals surface area contributed by atoms with E-state index in [-0.39, 0.29) is 17.1 Å². The van der Waals surface area contributed by atoms with Crippen LogP contribution in [-0.2, 0) is 9.84 Å². The fraction of sp³-hybridized carbons (Fsp3) is 0.160. The first kappa shape index (κ1) is 23.8. The maximum atomic E-state index is 12.9. The van der Waals surface area contributed by atoms with E-state index in [4.69, 9.17) is 11.6 Å². The number of benzene rings is 2. The van der Waals surface area contributed by atoms with Crippen LogP contribution in [0.4, 0.5) is 0 Å². The first-order chi connectivity index (χ1) is 17.2. The number of rotatable bonds is 5. The van der Waals surface area contributed by atoms with Crippen LogP contribution in [0.15, 0.2) is 77.9 Å². The Morgan fingerprint density at radius 2 is 1.56 bits per heavy atom. The molecule has 2 aromatic heterocycles. The number of H-pyrrole nitrogens is 1. The van der Waals surface area contributed by atoms with Crippen molar-refractivity contribution in [2.24, 2.45) is 0 Å². The second kappa shape index (κ2) is 9.29. The molecule has 184 valence electrons. The minimum absolute atomic E-state index is 0.206. The number of hydrogen-bond donors (Lipinski definition) is 3. The smallest absolute Gasteiger partial charge is 0.255 e. The van der Waals surface area contributed by atoms with Crippen LogP contribution >= 0.6 is 11.6 Å². The van der Waals surface area contributed by atoms with Gasteiger partial charge in [0.2, 0.25) is 0 Å². The molecule has 9 nitrogen and oxygen atoms in total. The normalized spacial score (nSPS) is 18.7. The lowest BCUT2D eigenvalue weighted by Gasteiger charge is -2.21. The fourth-order valence-electron chi connectivity index (χ4n) is 4.28. The van der Waals surface area contributed by atoms with E-state index in [0.717, 1.165) is 5.39 Å². The fourth-order valence-corrected chi connectivity index (χ4v) is 6.36. The summed E-state index contributed by atoms with van der Waals surface area (Å²) in [5, 5.41) is 6.79. The highest BCUT2D eigenvalue weighted by atomic mass is 35.5. The molecular weight excluding hydrogens is 504 g/mol. The number of nitrogens with one attached hydrogen (secondary N) is 3. The van der Waals surface area contributed by atoms with E-state index in [2.05, 4.69) is 15.6 Å². The second-order valence-electron chi connectivity index (χ2n) is 8.59. The summed E-state index contributed by atoms with van der Waals surface area (Å²) in [6, 6.07) is 14.5. The SMILES string of the molecule is O=C(N[C@H]1CS(=O)(=O)C[C@H]1NC(=O)c1ccc(-n2ccccc2=O)cc1)c1ccc2c(Cl)c[nH]c2c1. The van der Waals surface area contributed by atoms with Gasteiger partial charge >= 0.3 is 0 Å². The van der Waals surface area contributed by atoms with Crippen LogP contribution in [0.5, 0.6) is 0 Å². The third-order valence-electron chi connectivity index (χ3n) is 6.11. The largest absolute Gasteiger partial charge is 0.360 e. The molecule has 2 amide bonds. The molecule has 2 atom stereocenters. The Labute approximate surface area is 211 Å². The van der Waals surface area contributed by atoms with Crippen molar-refractivity contribution in [2.45, 2.75) is 12.1 Å². The summed E-state index contributed by atoms with van der Waals surface area (Å²) in [5.74, 6) is -1.50. The minimum Gasteiger partial charge on any atom is -0.360 e. The Morgan fingerprint density at radius 1 is 0.917 bits per heavy atom. The Hall–Kier alpha value is -3.89. The molecule has 3 heterocycles. The molecule has 11 heteroatoms. The van der Waals surface area contributed by atoms with Gasteiger partial charge in [-0.25, -0.2) is 8.42 Å². The molecule has 3 N–H and O–H groups in total. The highest BCUT2D eigenvalue weighted by Gasteiger charge is 2.39. The van der Waals surface area contributed by atoms with E-state index < -0.39 is 33.7 Å². The van der Waals surface area contributed by atoms with Crippen LogP contribution in [0.25, 0.3) is 16.6 Å². The molecule has 0 unspecified atom stereocenters. The monoisotopic (exact) mass is 524 g/mol. The highest BCUT2D eigenvalue weighted by Crippen LogP contribution is 2.24. The van der Waals surface area contributed by atoms with Gasteiger partial charge in [-0.05, 0) is 42.5 Å². The Kier molecular flexibility index (Phi) is 6.15. The van der Waals surface area contributed by atoms with Crippen LogP contribution in [0.2, 0.25) is 5.02 Å². The molecule has 1 aliphatic rings. The highest BCUT2D eigenvalue weighted by molar-refractivity contribution is 7.91. The van der Waals surface area contributed by atoms with Gasteiger partial charge in [0.25, 0.3) is 17.4 Å². The number of hydrogen-bond acceptors (Lipinski definition) is 5. The van der Waals surface area contributed by atoms with E-state index >= 15 is 0 Å². The predicted octanol–water partition coefficient (Wildman–Crippen LogP) is 2.30. The summed E-state index contributed by atoms with van der Waals surface area (Å²) in [6.07, 6.45) is 3.24. The molecule has 5 rings (SSSR count). The van der Waals surface area contributed by atoms with Crippen molar-refractivity contribution in [1.29, 1.82) is 0 Å². The molecule has 0 aliphatic carbocycles. The van der Waals surface area contributed by atoms with E-state index in [0.29, 0.717) is 27.4 Å². The molecule has 0 spiro atoms. The van der Waals surface area contributed by atoms with E-state index in [9.17, 15) is 22.8 Å². The van der Waals surface area contributed by atoms with Gasteiger partial charge < -0.3 is 15.6 Å². The van der Waals surface area contributed by atoms with E-state index in [1.807, 2.05) is 0 Å². The third-order valence-corrected chi connectivity index (χ3v) is 8.16. The first-order valence-electron chi connectivity index (χ1n) is 11.1. The first-order valence-corrected chi connectivity index (χ1v) is 13.3. The lowest BCUT2D eigenvalue weighted by atomic mass is 10.1. The van der Waals surface area contributed by atoms with E-state index in [1.165, 1.54) is 10.6 Å². The van der Waals surface area contributed by atoms with Crippen LogP contribution < -0.4 is 16.2 Å². The van der Waals surface area contributed by atoms with Crippen molar-refractivity contribution in [3.05, 3.63) is 99.6 Å². The topological polar surface area (TPSA) is 130 Å².